The lowest BCUT2D eigenvalue weighted by Crippen LogP contribution is -2.26. The molecule has 0 aliphatic rings. The number of hydrogen-bond donors (Lipinski definition) is 0. The summed E-state index contributed by atoms with van der Waals surface area (Å²) >= 11 is 0. The van der Waals surface area contributed by atoms with Crippen molar-refractivity contribution in [3.8, 4) is 0 Å². The number of para-hydroxylation sites is 1. The molecule has 78 valence electrons. The fraction of sp³-hybridized carbons (Fsp3) is 0.286. The Morgan fingerprint density at radius 2 is 1.87 bits per heavy atom. The lowest BCUT2D eigenvalue weighted by Gasteiger charge is -1.99. The van der Waals surface area contributed by atoms with Crippen molar-refractivity contribution in [1.82, 2.24) is 4.57 Å². The highest BCUT2D eigenvalue weighted by Crippen LogP contribution is 2.12. The second kappa shape index (κ2) is 3.58. The maximum absolute atomic E-state index is 2.28. The van der Waals surface area contributed by atoms with Gasteiger partial charge in [0.25, 0.3) is 0 Å². The molecule has 0 unspecified atom stereocenters. The quantitative estimate of drug-likeness (QED) is 0.612. The van der Waals surface area contributed by atoms with Gasteiger partial charge in [-0.05, 0) is 26.3 Å². The predicted octanol–water partition coefficient (Wildman–Crippen LogP) is 2.09. The molecule has 0 bridgehead atoms. The molecule has 1 nitrogen and oxygen atoms in total. The van der Waals surface area contributed by atoms with Gasteiger partial charge in [0, 0.05) is 23.0 Å². The molecule has 1 aromatic carbocycles. The molecule has 0 N–H and O–H groups in total. The molecule has 0 saturated heterocycles. The van der Waals surface area contributed by atoms with Crippen molar-refractivity contribution in [1.29, 1.82) is 0 Å². The van der Waals surface area contributed by atoms with Crippen LogP contribution in [0.25, 0.3) is 23.1 Å². The highest BCUT2D eigenvalue weighted by Gasteiger charge is 2.04. The SMILES string of the molecule is C/C=c1\c(=C/C)n(C)c2c(C)cccc12. The van der Waals surface area contributed by atoms with Crippen molar-refractivity contribution >= 4 is 23.1 Å². The van der Waals surface area contributed by atoms with Gasteiger partial charge in [-0.15, -0.1) is 0 Å². The lowest BCUT2D eigenvalue weighted by molar-refractivity contribution is 0.920. The van der Waals surface area contributed by atoms with Gasteiger partial charge in [0.15, 0.2) is 0 Å². The van der Waals surface area contributed by atoms with Gasteiger partial charge in [-0.3, -0.25) is 0 Å². The summed E-state index contributed by atoms with van der Waals surface area (Å²) in [4.78, 5) is 0. The smallest absolute Gasteiger partial charge is 0.0518 e. The average Bonchev–Trinajstić information content (AvgIpc) is 2.52. The highest BCUT2D eigenvalue weighted by molar-refractivity contribution is 5.84. The minimum Gasteiger partial charge on any atom is -0.344 e. The molecule has 0 aliphatic carbocycles. The van der Waals surface area contributed by atoms with Gasteiger partial charge in [0.05, 0.1) is 5.52 Å². The first-order valence-corrected chi connectivity index (χ1v) is 5.37. The second-order valence-corrected chi connectivity index (χ2v) is 3.91. The van der Waals surface area contributed by atoms with E-state index in [2.05, 4.69) is 62.7 Å². The predicted molar refractivity (Wildman–Crippen MR) is 67.2 cm³/mol. The number of hydrogen-bond acceptors (Lipinski definition) is 0. The van der Waals surface area contributed by atoms with E-state index in [-0.39, 0.29) is 0 Å². The van der Waals surface area contributed by atoms with Crippen molar-refractivity contribution in [2.45, 2.75) is 20.8 Å². The van der Waals surface area contributed by atoms with Crippen LogP contribution in [0.15, 0.2) is 18.2 Å². The Labute approximate surface area is 90.3 Å². The summed E-state index contributed by atoms with van der Waals surface area (Å²) in [5.41, 5.74) is 2.69. The van der Waals surface area contributed by atoms with Crippen LogP contribution in [0.1, 0.15) is 19.4 Å². The maximum atomic E-state index is 2.28. The fourth-order valence-electron chi connectivity index (χ4n) is 2.41. The average molecular weight is 199 g/mol. The third-order valence-electron chi connectivity index (χ3n) is 3.06. The number of rotatable bonds is 0. The van der Waals surface area contributed by atoms with Crippen molar-refractivity contribution in [3.63, 3.8) is 0 Å². The van der Waals surface area contributed by atoms with Gasteiger partial charge in [-0.25, -0.2) is 0 Å². The Morgan fingerprint density at radius 3 is 2.47 bits per heavy atom. The van der Waals surface area contributed by atoms with E-state index in [1.807, 2.05) is 0 Å². The minimum atomic E-state index is 1.31. The lowest BCUT2D eigenvalue weighted by atomic mass is 10.1. The van der Waals surface area contributed by atoms with Crippen LogP contribution >= 0.6 is 0 Å². The first kappa shape index (κ1) is 10.0. The zero-order valence-electron chi connectivity index (χ0n) is 9.83. The summed E-state index contributed by atoms with van der Waals surface area (Å²) in [6, 6.07) is 6.50. The van der Waals surface area contributed by atoms with E-state index < -0.39 is 0 Å². The minimum absolute atomic E-state index is 1.31. The number of aromatic nitrogens is 1. The summed E-state index contributed by atoms with van der Waals surface area (Å²) in [5.74, 6) is 0. The summed E-state index contributed by atoms with van der Waals surface area (Å²) in [5, 5.41) is 4.01. The fourth-order valence-corrected chi connectivity index (χ4v) is 2.41. The van der Waals surface area contributed by atoms with Crippen LogP contribution in [-0.2, 0) is 7.05 Å². The summed E-state index contributed by atoms with van der Waals surface area (Å²) < 4.78 is 2.28. The largest absolute Gasteiger partial charge is 0.344 e. The summed E-state index contributed by atoms with van der Waals surface area (Å²) in [6.07, 6.45) is 4.37. The van der Waals surface area contributed by atoms with Gasteiger partial charge in [0.2, 0.25) is 0 Å². The molecule has 0 saturated carbocycles. The van der Waals surface area contributed by atoms with Gasteiger partial charge in [-0.2, -0.15) is 0 Å². The van der Waals surface area contributed by atoms with Crippen molar-refractivity contribution in [2.24, 2.45) is 7.05 Å². The molecule has 1 heterocycles. The summed E-state index contributed by atoms with van der Waals surface area (Å²) in [7, 11) is 2.14. The van der Waals surface area contributed by atoms with Crippen LogP contribution < -0.4 is 10.6 Å². The van der Waals surface area contributed by atoms with E-state index in [0.717, 1.165) is 0 Å². The van der Waals surface area contributed by atoms with Crippen molar-refractivity contribution in [3.05, 3.63) is 34.3 Å². The van der Waals surface area contributed by atoms with Crippen molar-refractivity contribution < 1.29 is 0 Å². The molecular weight excluding hydrogens is 182 g/mol. The molecule has 0 fully saturated rings. The second-order valence-electron chi connectivity index (χ2n) is 3.91. The standard InChI is InChI=1S/C14H17N/c1-5-11-12-9-7-8-10(3)14(12)15(4)13(11)6-2/h5-9H,1-4H3/b11-5-,13-6+. The van der Waals surface area contributed by atoms with E-state index in [4.69, 9.17) is 0 Å². The van der Waals surface area contributed by atoms with Gasteiger partial charge in [-0.1, -0.05) is 30.4 Å². The Kier molecular flexibility index (Phi) is 2.39. The number of fused-ring (bicyclic) bond motifs is 1. The Balaban J connectivity index is 3.21. The van der Waals surface area contributed by atoms with E-state index in [1.54, 1.807) is 0 Å². The van der Waals surface area contributed by atoms with Gasteiger partial charge < -0.3 is 4.57 Å². The van der Waals surface area contributed by atoms with E-state index in [0.29, 0.717) is 0 Å². The monoisotopic (exact) mass is 199 g/mol. The molecule has 15 heavy (non-hydrogen) atoms. The molecule has 0 atom stereocenters. The van der Waals surface area contributed by atoms with E-state index in [9.17, 15) is 0 Å². The molecule has 1 heteroatoms. The number of nitrogens with zero attached hydrogens (tertiary/aromatic N) is 1. The van der Waals surface area contributed by atoms with Gasteiger partial charge >= 0.3 is 0 Å². The Hall–Kier alpha value is -1.50. The Bertz CT molecular complexity index is 615. The van der Waals surface area contributed by atoms with Crippen molar-refractivity contribution in [2.75, 3.05) is 0 Å². The van der Waals surface area contributed by atoms with Crippen LogP contribution in [-0.4, -0.2) is 4.57 Å². The van der Waals surface area contributed by atoms with Crippen LogP contribution in [0.4, 0.5) is 0 Å². The molecule has 1 aromatic heterocycles. The zero-order valence-corrected chi connectivity index (χ0v) is 9.83. The van der Waals surface area contributed by atoms with Crippen LogP contribution in [0.3, 0.4) is 0 Å². The molecule has 0 radical (unpaired) electrons. The number of benzene rings is 1. The number of aryl methyl sites for hydroxylation is 2. The zero-order chi connectivity index (χ0) is 11.0. The molecular formula is C14H17N. The van der Waals surface area contributed by atoms with Crippen LogP contribution in [0.5, 0.6) is 0 Å². The molecule has 2 rings (SSSR count). The highest BCUT2D eigenvalue weighted by atomic mass is 14.9. The van der Waals surface area contributed by atoms with E-state index in [1.165, 1.54) is 27.0 Å². The third kappa shape index (κ3) is 1.30. The first-order valence-electron chi connectivity index (χ1n) is 5.37. The topological polar surface area (TPSA) is 4.93 Å². The van der Waals surface area contributed by atoms with Gasteiger partial charge in [0.1, 0.15) is 0 Å². The molecule has 0 amide bonds. The van der Waals surface area contributed by atoms with Crippen LogP contribution in [0.2, 0.25) is 0 Å². The molecule has 0 spiro atoms. The maximum Gasteiger partial charge on any atom is 0.0518 e. The molecule has 0 aliphatic heterocycles. The Morgan fingerprint density at radius 1 is 1.13 bits per heavy atom. The van der Waals surface area contributed by atoms with E-state index >= 15 is 0 Å². The normalized spacial score (nSPS) is 14.1. The first-order chi connectivity index (χ1) is 7.20. The molecule has 2 aromatic rings. The third-order valence-corrected chi connectivity index (χ3v) is 3.06. The summed E-state index contributed by atoms with van der Waals surface area (Å²) in [6.45, 7) is 6.36. The van der Waals surface area contributed by atoms with Crippen LogP contribution in [0, 0.1) is 6.92 Å².